The van der Waals surface area contributed by atoms with Gasteiger partial charge in [0, 0.05) is 18.2 Å². The van der Waals surface area contributed by atoms with Crippen molar-refractivity contribution in [3.8, 4) is 0 Å². The van der Waals surface area contributed by atoms with E-state index in [1.165, 1.54) is 5.56 Å². The number of amides is 1. The van der Waals surface area contributed by atoms with Crippen molar-refractivity contribution in [2.45, 2.75) is 53.5 Å². The summed E-state index contributed by atoms with van der Waals surface area (Å²) in [5, 5.41) is 6.22. The Morgan fingerprint density at radius 1 is 1.24 bits per heavy atom. The molecular weight excluding hydrogens is 260 g/mol. The minimum absolute atomic E-state index is 0.0982. The highest BCUT2D eigenvalue weighted by Crippen LogP contribution is 2.26. The molecule has 0 aliphatic carbocycles. The maximum absolute atomic E-state index is 12.1. The van der Waals surface area contributed by atoms with Crippen LogP contribution in [0.1, 0.15) is 59.1 Å². The van der Waals surface area contributed by atoms with Crippen molar-refractivity contribution in [1.29, 1.82) is 0 Å². The Morgan fingerprint density at radius 3 is 2.48 bits per heavy atom. The zero-order valence-corrected chi connectivity index (χ0v) is 14.3. The molecule has 118 valence electrons. The summed E-state index contributed by atoms with van der Waals surface area (Å²) < 4.78 is 0. The third kappa shape index (κ3) is 6.76. The quantitative estimate of drug-likeness (QED) is 0.817. The van der Waals surface area contributed by atoms with E-state index in [4.69, 9.17) is 0 Å². The predicted molar refractivity (Wildman–Crippen MR) is 90.4 cm³/mol. The second-order valence-electron chi connectivity index (χ2n) is 7.26. The first-order chi connectivity index (χ1) is 9.71. The number of hydrogen-bond acceptors (Lipinski definition) is 2. The van der Waals surface area contributed by atoms with Crippen LogP contribution in [0.2, 0.25) is 0 Å². The third-order valence-corrected chi connectivity index (χ3v) is 3.60. The number of hydrogen-bond donors (Lipinski definition) is 2. The molecule has 3 nitrogen and oxygen atoms in total. The number of anilines is 1. The van der Waals surface area contributed by atoms with Gasteiger partial charge in [-0.2, -0.15) is 0 Å². The lowest BCUT2D eigenvalue weighted by Gasteiger charge is -2.22. The van der Waals surface area contributed by atoms with E-state index < -0.39 is 0 Å². The van der Waals surface area contributed by atoms with Gasteiger partial charge in [-0.05, 0) is 49.4 Å². The summed E-state index contributed by atoms with van der Waals surface area (Å²) in [5.74, 6) is 0.491. The standard InChI is InChI=1S/C18H30N2O/c1-13(12-18(3,4)5)10-17(21)20-16-9-7-8-15(11-16)14(2)19-6/h7-9,11,13-14,19H,10,12H2,1-6H3,(H,20,21). The van der Waals surface area contributed by atoms with Crippen LogP contribution in [-0.4, -0.2) is 13.0 Å². The summed E-state index contributed by atoms with van der Waals surface area (Å²) in [4.78, 5) is 12.1. The van der Waals surface area contributed by atoms with Gasteiger partial charge < -0.3 is 10.6 Å². The minimum atomic E-state index is 0.0982. The van der Waals surface area contributed by atoms with E-state index >= 15 is 0 Å². The molecule has 3 heteroatoms. The highest BCUT2D eigenvalue weighted by molar-refractivity contribution is 5.90. The van der Waals surface area contributed by atoms with Crippen LogP contribution in [0.3, 0.4) is 0 Å². The molecule has 1 amide bonds. The molecule has 0 aliphatic heterocycles. The van der Waals surface area contributed by atoms with Gasteiger partial charge in [0.1, 0.15) is 0 Å². The molecule has 0 bridgehead atoms. The van der Waals surface area contributed by atoms with E-state index in [1.807, 2.05) is 25.2 Å². The lowest BCUT2D eigenvalue weighted by molar-refractivity contribution is -0.117. The van der Waals surface area contributed by atoms with Gasteiger partial charge in [0.2, 0.25) is 5.91 Å². The average Bonchev–Trinajstić information content (AvgIpc) is 2.35. The van der Waals surface area contributed by atoms with Gasteiger partial charge in [0.15, 0.2) is 0 Å². The lowest BCUT2D eigenvalue weighted by atomic mass is 9.84. The smallest absolute Gasteiger partial charge is 0.224 e. The summed E-state index contributed by atoms with van der Waals surface area (Å²) in [6, 6.07) is 8.31. The average molecular weight is 290 g/mol. The summed E-state index contributed by atoms with van der Waals surface area (Å²) in [5.41, 5.74) is 2.32. The van der Waals surface area contributed by atoms with Gasteiger partial charge in [-0.25, -0.2) is 0 Å². The van der Waals surface area contributed by atoms with Gasteiger partial charge in [0.05, 0.1) is 0 Å². The molecule has 0 radical (unpaired) electrons. The van der Waals surface area contributed by atoms with Crippen LogP contribution in [0.15, 0.2) is 24.3 Å². The van der Waals surface area contributed by atoms with E-state index in [0.717, 1.165) is 12.1 Å². The molecule has 1 aromatic rings. The first-order valence-corrected chi connectivity index (χ1v) is 7.78. The Labute approximate surface area is 129 Å². The van der Waals surface area contributed by atoms with Gasteiger partial charge >= 0.3 is 0 Å². The molecule has 21 heavy (non-hydrogen) atoms. The number of carbonyl (C=O) groups is 1. The van der Waals surface area contributed by atoms with Crippen LogP contribution >= 0.6 is 0 Å². The maximum Gasteiger partial charge on any atom is 0.224 e. The molecule has 0 fully saturated rings. The summed E-state index contributed by atoms with van der Waals surface area (Å²) >= 11 is 0. The molecule has 0 spiro atoms. The normalized spacial score (nSPS) is 14.6. The Morgan fingerprint density at radius 2 is 1.90 bits per heavy atom. The van der Waals surface area contributed by atoms with E-state index in [2.05, 4.69) is 51.3 Å². The summed E-state index contributed by atoms with van der Waals surface area (Å²) in [6.45, 7) is 10.9. The van der Waals surface area contributed by atoms with Crippen LogP contribution in [0.4, 0.5) is 5.69 Å². The fraction of sp³-hybridized carbons (Fsp3) is 0.611. The van der Waals surface area contributed by atoms with Crippen LogP contribution in [0, 0.1) is 11.3 Å². The summed E-state index contributed by atoms with van der Waals surface area (Å²) in [6.07, 6.45) is 1.63. The Balaban J connectivity index is 2.59. The van der Waals surface area contributed by atoms with Gasteiger partial charge in [-0.3, -0.25) is 4.79 Å². The molecule has 1 aromatic carbocycles. The first kappa shape index (κ1) is 17.7. The van der Waals surface area contributed by atoms with Crippen molar-refractivity contribution in [1.82, 2.24) is 5.32 Å². The minimum Gasteiger partial charge on any atom is -0.326 e. The molecular formula is C18H30N2O. The highest BCUT2D eigenvalue weighted by atomic mass is 16.1. The van der Waals surface area contributed by atoms with Crippen molar-refractivity contribution in [2.75, 3.05) is 12.4 Å². The van der Waals surface area contributed by atoms with Gasteiger partial charge in [0.25, 0.3) is 0 Å². The van der Waals surface area contributed by atoms with Gasteiger partial charge in [-0.1, -0.05) is 39.8 Å². The van der Waals surface area contributed by atoms with E-state index in [1.54, 1.807) is 0 Å². The van der Waals surface area contributed by atoms with Crippen LogP contribution < -0.4 is 10.6 Å². The third-order valence-electron chi connectivity index (χ3n) is 3.60. The monoisotopic (exact) mass is 290 g/mol. The number of nitrogens with one attached hydrogen (secondary N) is 2. The van der Waals surface area contributed by atoms with Crippen molar-refractivity contribution in [3.05, 3.63) is 29.8 Å². The molecule has 2 unspecified atom stereocenters. The molecule has 0 aromatic heterocycles. The number of benzene rings is 1. The lowest BCUT2D eigenvalue weighted by Crippen LogP contribution is -2.19. The topological polar surface area (TPSA) is 41.1 Å². The van der Waals surface area contributed by atoms with Crippen molar-refractivity contribution in [3.63, 3.8) is 0 Å². The molecule has 0 heterocycles. The zero-order chi connectivity index (χ0) is 16.0. The molecule has 1 rings (SSSR count). The SMILES string of the molecule is CNC(C)c1cccc(NC(=O)CC(C)CC(C)(C)C)c1. The zero-order valence-electron chi connectivity index (χ0n) is 14.3. The first-order valence-electron chi connectivity index (χ1n) is 7.78. The fourth-order valence-corrected chi connectivity index (χ4v) is 2.70. The second kappa shape index (κ2) is 7.60. The van der Waals surface area contributed by atoms with E-state index in [-0.39, 0.29) is 17.4 Å². The largest absolute Gasteiger partial charge is 0.326 e. The van der Waals surface area contributed by atoms with Crippen LogP contribution in [0.25, 0.3) is 0 Å². The van der Waals surface area contributed by atoms with Gasteiger partial charge in [-0.15, -0.1) is 0 Å². The highest BCUT2D eigenvalue weighted by Gasteiger charge is 2.17. The van der Waals surface area contributed by atoms with Crippen LogP contribution in [-0.2, 0) is 4.79 Å². The number of carbonyl (C=O) groups excluding carboxylic acids is 1. The summed E-state index contributed by atoms with van der Waals surface area (Å²) in [7, 11) is 1.93. The predicted octanol–water partition coefficient (Wildman–Crippen LogP) is 4.37. The van der Waals surface area contributed by atoms with E-state index in [9.17, 15) is 4.79 Å². The molecule has 0 aliphatic rings. The Kier molecular flexibility index (Phi) is 6.41. The maximum atomic E-state index is 12.1. The molecule has 0 saturated carbocycles. The van der Waals surface area contributed by atoms with Crippen molar-refractivity contribution in [2.24, 2.45) is 11.3 Å². The Bertz CT molecular complexity index is 463. The molecule has 2 N–H and O–H groups in total. The van der Waals surface area contributed by atoms with Crippen LogP contribution in [0.5, 0.6) is 0 Å². The second-order valence-corrected chi connectivity index (χ2v) is 7.26. The van der Waals surface area contributed by atoms with Crippen molar-refractivity contribution < 1.29 is 4.79 Å². The fourth-order valence-electron chi connectivity index (χ4n) is 2.70. The molecule has 0 saturated heterocycles. The number of rotatable bonds is 6. The molecule has 2 atom stereocenters. The van der Waals surface area contributed by atoms with Crippen molar-refractivity contribution >= 4 is 11.6 Å². The Hall–Kier alpha value is -1.35. The van der Waals surface area contributed by atoms with E-state index in [0.29, 0.717) is 12.3 Å².